The topological polar surface area (TPSA) is 66.5 Å². The number of furan rings is 1. The molecule has 18 heavy (non-hydrogen) atoms. The second-order valence-electron chi connectivity index (χ2n) is 4.17. The molecule has 1 aliphatic heterocycles. The molecule has 0 bridgehead atoms. The second kappa shape index (κ2) is 4.38. The number of morpholine rings is 1. The van der Waals surface area contributed by atoms with E-state index in [9.17, 15) is 4.21 Å². The number of nitrogens with one attached hydrogen (secondary N) is 1. The highest BCUT2D eigenvalue weighted by Crippen LogP contribution is 2.25. The first kappa shape index (κ1) is 11.7. The number of hydrogen-bond donors (Lipinski definition) is 1. The first-order valence-corrected chi connectivity index (χ1v) is 7.30. The van der Waals surface area contributed by atoms with Crippen LogP contribution >= 0.6 is 0 Å². The third kappa shape index (κ3) is 1.92. The summed E-state index contributed by atoms with van der Waals surface area (Å²) in [5.41, 5.74) is 0.667. The van der Waals surface area contributed by atoms with Crippen molar-refractivity contribution in [3.63, 3.8) is 0 Å². The molecule has 1 atom stereocenters. The smallest absolute Gasteiger partial charge is 0.214 e. The van der Waals surface area contributed by atoms with Gasteiger partial charge in [-0.25, -0.2) is 13.3 Å². The Labute approximate surface area is 105 Å². The Kier molecular flexibility index (Phi) is 2.85. The van der Waals surface area contributed by atoms with E-state index in [4.69, 9.17) is 13.9 Å². The summed E-state index contributed by atoms with van der Waals surface area (Å²) in [6.45, 7) is 2.02. The van der Waals surface area contributed by atoms with Crippen LogP contribution in [0.3, 0.4) is 0 Å². The Balaban J connectivity index is 2.01. The molecule has 0 radical (unpaired) electrons. The van der Waals surface area contributed by atoms with Crippen LogP contribution in [0, 0.1) is 4.78 Å². The molecule has 1 saturated heterocycles. The minimum Gasteiger partial charge on any atom is -0.445 e. The van der Waals surface area contributed by atoms with E-state index in [1.807, 2.05) is 24.3 Å². The molecule has 1 N–H and O–H groups in total. The van der Waals surface area contributed by atoms with Gasteiger partial charge < -0.3 is 9.15 Å². The predicted molar refractivity (Wildman–Crippen MR) is 67.7 cm³/mol. The summed E-state index contributed by atoms with van der Waals surface area (Å²) in [6, 6.07) is 9.14. The lowest BCUT2D eigenvalue weighted by molar-refractivity contribution is 0.0739. The highest BCUT2D eigenvalue weighted by Gasteiger charge is 2.26. The number of fused-ring (bicyclic) bond motifs is 1. The fourth-order valence-corrected chi connectivity index (χ4v) is 3.43. The first-order chi connectivity index (χ1) is 8.68. The van der Waals surface area contributed by atoms with Gasteiger partial charge in [-0.2, -0.15) is 0 Å². The van der Waals surface area contributed by atoms with Crippen molar-refractivity contribution in [3.05, 3.63) is 30.3 Å². The Bertz CT molecular complexity index is 624. The van der Waals surface area contributed by atoms with Crippen LogP contribution in [0.2, 0.25) is 0 Å². The molecule has 0 spiro atoms. The molecule has 1 aromatic carbocycles. The van der Waals surface area contributed by atoms with Gasteiger partial charge in [-0.05, 0) is 6.07 Å². The summed E-state index contributed by atoms with van der Waals surface area (Å²) in [4.78, 5) is 0. The van der Waals surface area contributed by atoms with Gasteiger partial charge in [-0.15, -0.1) is 0 Å². The summed E-state index contributed by atoms with van der Waals surface area (Å²) in [5.74, 6) is 0. The molecule has 0 saturated carbocycles. The number of hydrogen-bond acceptors (Lipinski definition) is 4. The molecule has 96 valence electrons. The van der Waals surface area contributed by atoms with Crippen molar-refractivity contribution in [1.29, 1.82) is 4.78 Å². The highest BCUT2D eigenvalue weighted by atomic mass is 32.2. The SMILES string of the molecule is N=S(=O)(c1cc2ccccc2o1)N1CCOCC1. The standard InChI is InChI=1S/C12H14N2O3S/c13-18(15,14-5-7-16-8-6-14)12-9-10-3-1-2-4-11(10)17-12/h1-4,9,13H,5-8H2. The summed E-state index contributed by atoms with van der Waals surface area (Å²) in [7, 11) is -3.04. The molecule has 1 aromatic heterocycles. The van der Waals surface area contributed by atoms with Crippen LogP contribution in [0.1, 0.15) is 0 Å². The number of ether oxygens (including phenoxy) is 1. The Morgan fingerprint density at radius 2 is 1.94 bits per heavy atom. The van der Waals surface area contributed by atoms with Crippen LogP contribution in [0.5, 0.6) is 0 Å². The van der Waals surface area contributed by atoms with Gasteiger partial charge in [0.25, 0.3) is 0 Å². The Morgan fingerprint density at radius 1 is 1.22 bits per heavy atom. The van der Waals surface area contributed by atoms with Gasteiger partial charge in [0.15, 0.2) is 9.92 Å². The lowest BCUT2D eigenvalue weighted by Gasteiger charge is -2.26. The van der Waals surface area contributed by atoms with Crippen molar-refractivity contribution in [3.8, 4) is 0 Å². The third-order valence-corrected chi connectivity index (χ3v) is 4.85. The molecule has 0 amide bonds. The number of para-hydroxylation sites is 1. The normalized spacial score (nSPS) is 20.9. The van der Waals surface area contributed by atoms with Gasteiger partial charge in [-0.3, -0.25) is 0 Å². The van der Waals surface area contributed by atoms with E-state index in [0.29, 0.717) is 31.9 Å². The van der Waals surface area contributed by atoms with Crippen molar-refractivity contribution in [2.24, 2.45) is 0 Å². The molecule has 2 aromatic rings. The quantitative estimate of drug-likeness (QED) is 0.905. The molecule has 1 aliphatic rings. The van der Waals surface area contributed by atoms with Gasteiger partial charge in [-0.1, -0.05) is 18.2 Å². The second-order valence-corrected chi connectivity index (χ2v) is 6.14. The number of benzene rings is 1. The number of rotatable bonds is 2. The van der Waals surface area contributed by atoms with E-state index in [1.165, 1.54) is 0 Å². The molecule has 6 heteroatoms. The van der Waals surface area contributed by atoms with Gasteiger partial charge in [0.05, 0.1) is 13.2 Å². The maximum atomic E-state index is 12.6. The zero-order valence-corrected chi connectivity index (χ0v) is 10.6. The van der Waals surface area contributed by atoms with Crippen molar-refractivity contribution >= 4 is 20.9 Å². The van der Waals surface area contributed by atoms with E-state index in [2.05, 4.69) is 0 Å². The number of nitrogens with zero attached hydrogens (tertiary/aromatic N) is 1. The van der Waals surface area contributed by atoms with Crippen LogP contribution in [0.15, 0.2) is 39.8 Å². The van der Waals surface area contributed by atoms with Crippen molar-refractivity contribution in [2.45, 2.75) is 5.09 Å². The van der Waals surface area contributed by atoms with E-state index in [1.54, 1.807) is 10.4 Å². The largest absolute Gasteiger partial charge is 0.445 e. The van der Waals surface area contributed by atoms with Crippen molar-refractivity contribution in [2.75, 3.05) is 26.3 Å². The summed E-state index contributed by atoms with van der Waals surface area (Å²) in [5, 5.41) is 1.10. The van der Waals surface area contributed by atoms with E-state index >= 15 is 0 Å². The minimum absolute atomic E-state index is 0.227. The molecule has 1 fully saturated rings. The minimum atomic E-state index is -3.04. The van der Waals surface area contributed by atoms with Crippen molar-refractivity contribution < 1.29 is 13.4 Å². The van der Waals surface area contributed by atoms with Gasteiger partial charge in [0.1, 0.15) is 5.58 Å². The van der Waals surface area contributed by atoms with E-state index in [-0.39, 0.29) is 5.09 Å². The van der Waals surface area contributed by atoms with Gasteiger partial charge in [0.2, 0.25) is 5.09 Å². The van der Waals surface area contributed by atoms with Crippen molar-refractivity contribution in [1.82, 2.24) is 4.31 Å². The Morgan fingerprint density at radius 3 is 2.67 bits per heavy atom. The molecule has 2 heterocycles. The lowest BCUT2D eigenvalue weighted by Crippen LogP contribution is -2.39. The zero-order valence-electron chi connectivity index (χ0n) is 9.80. The van der Waals surface area contributed by atoms with E-state index < -0.39 is 9.92 Å². The zero-order chi connectivity index (χ0) is 12.6. The maximum absolute atomic E-state index is 12.6. The van der Waals surface area contributed by atoms with Crippen LogP contribution < -0.4 is 0 Å². The average Bonchev–Trinajstić information content (AvgIpc) is 2.84. The average molecular weight is 266 g/mol. The van der Waals surface area contributed by atoms with Gasteiger partial charge in [0, 0.05) is 24.5 Å². The lowest BCUT2D eigenvalue weighted by atomic mass is 10.3. The molecule has 0 aliphatic carbocycles. The maximum Gasteiger partial charge on any atom is 0.214 e. The molecule has 3 rings (SSSR count). The van der Waals surface area contributed by atoms with Crippen LogP contribution in [-0.4, -0.2) is 34.8 Å². The molecule has 1 unspecified atom stereocenters. The summed E-state index contributed by atoms with van der Waals surface area (Å²) in [6.07, 6.45) is 0. The van der Waals surface area contributed by atoms with Gasteiger partial charge >= 0.3 is 0 Å². The fourth-order valence-electron chi connectivity index (χ4n) is 2.02. The summed E-state index contributed by atoms with van der Waals surface area (Å²) < 4.78 is 33.0. The molecular weight excluding hydrogens is 252 g/mol. The highest BCUT2D eigenvalue weighted by molar-refractivity contribution is 7.90. The van der Waals surface area contributed by atoms with Crippen LogP contribution in [-0.2, 0) is 14.7 Å². The first-order valence-electron chi connectivity index (χ1n) is 5.78. The van der Waals surface area contributed by atoms with E-state index in [0.717, 1.165) is 5.39 Å². The third-order valence-electron chi connectivity index (χ3n) is 3.01. The monoisotopic (exact) mass is 266 g/mol. The fraction of sp³-hybridized carbons (Fsp3) is 0.333. The Hall–Kier alpha value is -1.37. The molecular formula is C12H14N2O3S. The van der Waals surface area contributed by atoms with Crippen LogP contribution in [0.4, 0.5) is 0 Å². The molecule has 5 nitrogen and oxygen atoms in total. The van der Waals surface area contributed by atoms with Crippen LogP contribution in [0.25, 0.3) is 11.0 Å². The predicted octanol–water partition coefficient (Wildman–Crippen LogP) is 2.09. The summed E-state index contributed by atoms with van der Waals surface area (Å²) >= 11 is 0.